The van der Waals surface area contributed by atoms with Crippen molar-refractivity contribution in [2.24, 2.45) is 0 Å². The maximum Gasteiger partial charge on any atom is 0.285 e. The molecule has 1 fully saturated rings. The van der Waals surface area contributed by atoms with E-state index in [9.17, 15) is 9.59 Å². The van der Waals surface area contributed by atoms with Crippen LogP contribution >= 0.6 is 24.0 Å². The second-order valence-corrected chi connectivity index (χ2v) is 8.48. The van der Waals surface area contributed by atoms with Gasteiger partial charge in [0.05, 0.1) is 17.6 Å². The molecule has 2 amide bonds. The number of benzene rings is 2. The van der Waals surface area contributed by atoms with E-state index in [-0.39, 0.29) is 16.3 Å². The van der Waals surface area contributed by atoms with Crippen LogP contribution < -0.4 is 14.9 Å². The van der Waals surface area contributed by atoms with Crippen LogP contribution in [0.25, 0.3) is 6.08 Å². The molecule has 31 heavy (non-hydrogen) atoms. The molecule has 0 spiro atoms. The number of thiocarbonyl (C=S) groups is 1. The Hall–Kier alpha value is -2.84. The Kier molecular flexibility index (Phi) is 7.70. The lowest BCUT2D eigenvalue weighted by Crippen LogP contribution is -2.44. The maximum absolute atomic E-state index is 12.8. The van der Waals surface area contributed by atoms with E-state index >= 15 is 0 Å². The zero-order chi connectivity index (χ0) is 22.4. The van der Waals surface area contributed by atoms with E-state index in [2.05, 4.69) is 12.3 Å². The molecule has 2 aromatic carbocycles. The van der Waals surface area contributed by atoms with Gasteiger partial charge < -0.3 is 9.47 Å². The first-order chi connectivity index (χ1) is 14.9. The number of ether oxygens (including phenoxy) is 2. The molecule has 0 radical (unpaired) electrons. The van der Waals surface area contributed by atoms with Crippen molar-refractivity contribution in [3.05, 3.63) is 64.6 Å². The number of carbonyl (C=O) groups excluding carboxylic acids is 2. The molecule has 2 aromatic rings. The number of rotatable bonds is 8. The highest BCUT2D eigenvalue weighted by atomic mass is 32.2. The Labute approximate surface area is 191 Å². The van der Waals surface area contributed by atoms with Crippen molar-refractivity contribution in [3.63, 3.8) is 0 Å². The van der Waals surface area contributed by atoms with Crippen LogP contribution in [0.5, 0.6) is 11.5 Å². The van der Waals surface area contributed by atoms with Gasteiger partial charge in [-0.3, -0.25) is 15.0 Å². The molecule has 0 bridgehead atoms. The summed E-state index contributed by atoms with van der Waals surface area (Å²) in [5.74, 6) is 0.501. The topological polar surface area (TPSA) is 67.9 Å². The van der Waals surface area contributed by atoms with Gasteiger partial charge in [-0.2, -0.15) is 5.01 Å². The molecule has 6 nitrogen and oxygen atoms in total. The molecule has 1 saturated heterocycles. The minimum atomic E-state index is -0.400. The first-order valence-electron chi connectivity index (χ1n) is 10.00. The Balaban J connectivity index is 1.78. The number of amides is 2. The van der Waals surface area contributed by atoms with Crippen LogP contribution in [0.3, 0.4) is 0 Å². The van der Waals surface area contributed by atoms with Gasteiger partial charge in [-0.15, -0.1) is 0 Å². The molecule has 0 aromatic heterocycles. The largest absolute Gasteiger partial charge is 0.490 e. The predicted octanol–water partition coefficient (Wildman–Crippen LogP) is 4.81. The summed E-state index contributed by atoms with van der Waals surface area (Å²) in [7, 11) is 0. The molecule has 1 heterocycles. The van der Waals surface area contributed by atoms with E-state index in [4.69, 9.17) is 21.7 Å². The van der Waals surface area contributed by atoms with Gasteiger partial charge in [0.15, 0.2) is 15.8 Å². The normalized spacial score (nSPS) is 15.8. The van der Waals surface area contributed by atoms with Crippen LogP contribution in [0.2, 0.25) is 0 Å². The Morgan fingerprint density at radius 1 is 1.19 bits per heavy atom. The van der Waals surface area contributed by atoms with Crippen molar-refractivity contribution in [2.75, 3.05) is 6.61 Å². The van der Waals surface area contributed by atoms with Crippen molar-refractivity contribution in [3.8, 4) is 11.5 Å². The van der Waals surface area contributed by atoms with E-state index in [0.717, 1.165) is 28.8 Å². The van der Waals surface area contributed by atoms with Gasteiger partial charge in [-0.1, -0.05) is 43.0 Å². The van der Waals surface area contributed by atoms with Gasteiger partial charge >= 0.3 is 0 Å². The second-order valence-electron chi connectivity index (χ2n) is 6.80. The third-order valence-electron chi connectivity index (χ3n) is 4.51. The van der Waals surface area contributed by atoms with Gasteiger partial charge in [0.2, 0.25) is 0 Å². The van der Waals surface area contributed by atoms with Gasteiger partial charge in [0.25, 0.3) is 11.8 Å². The minimum Gasteiger partial charge on any atom is -0.490 e. The highest BCUT2D eigenvalue weighted by molar-refractivity contribution is 8.26. The molecule has 162 valence electrons. The van der Waals surface area contributed by atoms with Crippen LogP contribution in [0.1, 0.15) is 43.1 Å². The quantitative estimate of drug-likeness (QED) is 0.454. The monoisotopic (exact) mass is 456 g/mol. The average molecular weight is 457 g/mol. The van der Waals surface area contributed by atoms with Gasteiger partial charge in [-0.25, -0.2) is 0 Å². The third-order valence-corrected chi connectivity index (χ3v) is 5.81. The maximum atomic E-state index is 12.8. The highest BCUT2D eigenvalue weighted by Gasteiger charge is 2.33. The van der Waals surface area contributed by atoms with Crippen molar-refractivity contribution < 1.29 is 19.1 Å². The summed E-state index contributed by atoms with van der Waals surface area (Å²) < 4.78 is 11.9. The fourth-order valence-corrected chi connectivity index (χ4v) is 3.93. The number of nitrogens with one attached hydrogen (secondary N) is 1. The van der Waals surface area contributed by atoms with Crippen molar-refractivity contribution in [2.45, 2.75) is 33.3 Å². The summed E-state index contributed by atoms with van der Waals surface area (Å²) in [6.07, 6.45) is 2.67. The molecule has 0 saturated carbocycles. The Bertz CT molecular complexity index is 1010. The zero-order valence-corrected chi connectivity index (χ0v) is 19.2. The van der Waals surface area contributed by atoms with Crippen LogP contribution in [0.15, 0.2) is 53.4 Å². The van der Waals surface area contributed by atoms with Crippen LogP contribution in [0.4, 0.5) is 0 Å². The van der Waals surface area contributed by atoms with E-state index in [0.29, 0.717) is 28.6 Å². The molecule has 1 atom stereocenters. The molecule has 3 rings (SSSR count). The SMILES string of the molecule is CCOc1cc(C=C2SC(=S)N(NC(=O)c3ccccc3)C2=O)ccc1OC(C)CC. The van der Waals surface area contributed by atoms with Crippen LogP contribution in [-0.2, 0) is 4.79 Å². The van der Waals surface area contributed by atoms with Crippen LogP contribution in [0, 0.1) is 0 Å². The van der Waals surface area contributed by atoms with E-state index in [1.807, 2.05) is 38.1 Å². The van der Waals surface area contributed by atoms with Crippen LogP contribution in [-0.4, -0.2) is 33.9 Å². The summed E-state index contributed by atoms with van der Waals surface area (Å²) in [5, 5.41) is 1.10. The fourth-order valence-electron chi connectivity index (χ4n) is 2.75. The van der Waals surface area contributed by atoms with Gasteiger partial charge in [0, 0.05) is 5.56 Å². The van der Waals surface area contributed by atoms with Crippen molar-refractivity contribution >= 4 is 46.2 Å². The van der Waals surface area contributed by atoms with E-state index in [1.165, 1.54) is 0 Å². The lowest BCUT2D eigenvalue weighted by atomic mass is 10.1. The Morgan fingerprint density at radius 3 is 2.61 bits per heavy atom. The predicted molar refractivity (Wildman–Crippen MR) is 127 cm³/mol. The summed E-state index contributed by atoms with van der Waals surface area (Å²) in [4.78, 5) is 25.6. The molecule has 1 N–H and O–H groups in total. The van der Waals surface area contributed by atoms with E-state index < -0.39 is 5.91 Å². The minimum absolute atomic E-state index is 0.0644. The summed E-state index contributed by atoms with van der Waals surface area (Å²) >= 11 is 6.43. The zero-order valence-electron chi connectivity index (χ0n) is 17.6. The van der Waals surface area contributed by atoms with Crippen molar-refractivity contribution in [1.82, 2.24) is 10.4 Å². The number of nitrogens with zero attached hydrogens (tertiary/aromatic N) is 1. The first kappa shape index (κ1) is 22.8. The molecule has 8 heteroatoms. The second kappa shape index (κ2) is 10.5. The van der Waals surface area contributed by atoms with Gasteiger partial charge in [0.1, 0.15) is 0 Å². The number of hydrogen-bond acceptors (Lipinski definition) is 6. The molecule has 1 aliphatic rings. The van der Waals surface area contributed by atoms with E-state index in [1.54, 1.807) is 30.3 Å². The molecular weight excluding hydrogens is 432 g/mol. The molecule has 1 aliphatic heterocycles. The van der Waals surface area contributed by atoms with Gasteiger partial charge in [-0.05, 0) is 68.4 Å². The van der Waals surface area contributed by atoms with Crippen molar-refractivity contribution in [1.29, 1.82) is 0 Å². The smallest absolute Gasteiger partial charge is 0.285 e. The average Bonchev–Trinajstić information content (AvgIpc) is 3.03. The third kappa shape index (κ3) is 5.65. The summed E-state index contributed by atoms with van der Waals surface area (Å²) in [5.41, 5.74) is 3.79. The number of thioether (sulfide) groups is 1. The molecular formula is C23H24N2O4S2. The number of carbonyl (C=O) groups is 2. The Morgan fingerprint density at radius 2 is 1.94 bits per heavy atom. The number of hydrazine groups is 1. The summed E-state index contributed by atoms with van der Waals surface area (Å²) in [6, 6.07) is 14.2. The molecule has 1 unspecified atom stereocenters. The lowest BCUT2D eigenvalue weighted by Gasteiger charge is -2.16. The standard InChI is InChI=1S/C23H24N2O4S2/c1-4-15(3)29-18-12-11-16(13-19(18)28-5-2)14-20-22(27)25(23(30)31-20)24-21(26)17-9-7-6-8-10-17/h6-15H,4-5H2,1-3H3,(H,24,26). The first-order valence-corrected chi connectivity index (χ1v) is 11.2. The highest BCUT2D eigenvalue weighted by Crippen LogP contribution is 2.34. The summed E-state index contributed by atoms with van der Waals surface area (Å²) in [6.45, 7) is 6.45. The molecule has 0 aliphatic carbocycles. The lowest BCUT2D eigenvalue weighted by molar-refractivity contribution is -0.123. The number of hydrogen-bond donors (Lipinski definition) is 1. The fraction of sp³-hybridized carbons (Fsp3) is 0.261.